The van der Waals surface area contributed by atoms with Crippen molar-refractivity contribution in [2.24, 2.45) is 0 Å². The van der Waals surface area contributed by atoms with E-state index < -0.39 is 28.0 Å². The molecule has 0 aliphatic carbocycles. The third-order valence-electron chi connectivity index (χ3n) is 3.25. The number of amides is 2. The number of nitro groups is 1. The molecule has 1 N–H and O–H groups in total. The average Bonchev–Trinajstić information content (AvgIpc) is 2.56. The summed E-state index contributed by atoms with van der Waals surface area (Å²) in [5.41, 5.74) is 1.53. The molecule has 1 heterocycles. The number of carbonyl (C=O) groups is 2. The van der Waals surface area contributed by atoms with Gasteiger partial charge in [-0.05, 0) is 31.0 Å². The zero-order chi connectivity index (χ0) is 14.3. The van der Waals surface area contributed by atoms with E-state index in [1.807, 2.05) is 0 Å². The van der Waals surface area contributed by atoms with Gasteiger partial charge < -0.3 is 0 Å². The molecular formula is C12H11ClN2O4. The smallest absolute Gasteiger partial charge is 0.273 e. The second-order valence-electron chi connectivity index (χ2n) is 4.49. The van der Waals surface area contributed by atoms with Crippen molar-refractivity contribution in [1.29, 1.82) is 0 Å². The predicted molar refractivity (Wildman–Crippen MR) is 68.1 cm³/mol. The van der Waals surface area contributed by atoms with E-state index in [4.69, 9.17) is 11.6 Å². The molecule has 2 amide bonds. The maximum Gasteiger partial charge on any atom is 0.273 e. The van der Waals surface area contributed by atoms with Crippen LogP contribution in [0.2, 0.25) is 0 Å². The van der Waals surface area contributed by atoms with Crippen LogP contribution in [0.5, 0.6) is 0 Å². The van der Waals surface area contributed by atoms with E-state index in [2.05, 4.69) is 5.32 Å². The summed E-state index contributed by atoms with van der Waals surface area (Å²) in [7, 11) is 0. The van der Waals surface area contributed by atoms with Crippen LogP contribution < -0.4 is 5.32 Å². The van der Waals surface area contributed by atoms with Gasteiger partial charge in [0.15, 0.2) is 0 Å². The number of carbonyl (C=O) groups excluding carboxylic acids is 2. The molecule has 0 bridgehead atoms. The van der Waals surface area contributed by atoms with Crippen molar-refractivity contribution < 1.29 is 14.5 Å². The molecule has 2 unspecified atom stereocenters. The summed E-state index contributed by atoms with van der Waals surface area (Å²) in [4.78, 5) is 33.6. The van der Waals surface area contributed by atoms with Crippen LogP contribution in [0.1, 0.15) is 22.6 Å². The van der Waals surface area contributed by atoms with Gasteiger partial charge in [0.25, 0.3) is 5.69 Å². The second kappa shape index (κ2) is 4.62. The molecule has 19 heavy (non-hydrogen) atoms. The number of rotatable bonds is 2. The number of alkyl halides is 1. The highest BCUT2D eigenvalue weighted by Crippen LogP contribution is 2.36. The highest BCUT2D eigenvalue weighted by atomic mass is 35.5. The van der Waals surface area contributed by atoms with Gasteiger partial charge in [0.2, 0.25) is 11.8 Å². The van der Waals surface area contributed by atoms with Gasteiger partial charge in [0, 0.05) is 11.6 Å². The Kier molecular flexibility index (Phi) is 3.28. The Morgan fingerprint density at radius 1 is 1.21 bits per heavy atom. The van der Waals surface area contributed by atoms with Crippen molar-refractivity contribution >= 4 is 29.1 Å². The summed E-state index contributed by atoms with van der Waals surface area (Å²) in [6.45, 7) is 3.52. The minimum Gasteiger partial charge on any atom is -0.295 e. The first-order valence-corrected chi connectivity index (χ1v) is 6.01. The van der Waals surface area contributed by atoms with Crippen molar-refractivity contribution in [2.75, 3.05) is 0 Å². The van der Waals surface area contributed by atoms with Gasteiger partial charge in [0.05, 0.1) is 10.8 Å². The lowest BCUT2D eigenvalue weighted by Crippen LogP contribution is -2.22. The van der Waals surface area contributed by atoms with Crippen LogP contribution in [0, 0.1) is 24.0 Å². The van der Waals surface area contributed by atoms with Gasteiger partial charge in [-0.3, -0.25) is 25.0 Å². The molecule has 0 aromatic heterocycles. The fourth-order valence-electron chi connectivity index (χ4n) is 2.08. The number of hydrogen-bond donors (Lipinski definition) is 1. The summed E-state index contributed by atoms with van der Waals surface area (Å²) in [6.07, 6.45) is 0. The van der Waals surface area contributed by atoms with Crippen LogP contribution in [0.4, 0.5) is 5.69 Å². The van der Waals surface area contributed by atoms with E-state index in [1.54, 1.807) is 19.9 Å². The molecule has 2 atom stereocenters. The Hall–Kier alpha value is -1.95. The number of nitrogens with zero attached hydrogens (tertiary/aromatic N) is 1. The van der Waals surface area contributed by atoms with Crippen molar-refractivity contribution in [2.45, 2.75) is 25.1 Å². The van der Waals surface area contributed by atoms with E-state index in [9.17, 15) is 19.7 Å². The van der Waals surface area contributed by atoms with Gasteiger partial charge in [0.1, 0.15) is 5.38 Å². The fourth-order valence-corrected chi connectivity index (χ4v) is 2.39. The number of aryl methyl sites for hydroxylation is 2. The maximum absolute atomic E-state index is 11.7. The van der Waals surface area contributed by atoms with Crippen molar-refractivity contribution in [3.8, 4) is 0 Å². The second-order valence-corrected chi connectivity index (χ2v) is 4.96. The number of hydrogen-bond acceptors (Lipinski definition) is 4. The van der Waals surface area contributed by atoms with E-state index in [1.165, 1.54) is 6.07 Å². The van der Waals surface area contributed by atoms with Gasteiger partial charge in [-0.1, -0.05) is 0 Å². The normalized spacial score (nSPS) is 22.5. The third-order valence-corrected chi connectivity index (χ3v) is 3.70. The molecule has 0 saturated carbocycles. The van der Waals surface area contributed by atoms with E-state index in [-0.39, 0.29) is 11.3 Å². The van der Waals surface area contributed by atoms with Crippen LogP contribution in [0.15, 0.2) is 12.1 Å². The number of halogens is 1. The van der Waals surface area contributed by atoms with Gasteiger partial charge >= 0.3 is 0 Å². The number of benzene rings is 1. The Morgan fingerprint density at radius 3 is 2.26 bits per heavy atom. The van der Waals surface area contributed by atoms with Crippen LogP contribution in [-0.4, -0.2) is 22.1 Å². The Bertz CT molecular complexity index is 600. The summed E-state index contributed by atoms with van der Waals surface area (Å²) in [5, 5.41) is 12.0. The highest BCUT2D eigenvalue weighted by Gasteiger charge is 2.44. The molecule has 1 saturated heterocycles. The minimum absolute atomic E-state index is 0.177. The van der Waals surface area contributed by atoms with Gasteiger partial charge in [-0.2, -0.15) is 0 Å². The molecule has 1 fully saturated rings. The number of nitro benzene ring substituents is 1. The largest absolute Gasteiger partial charge is 0.295 e. The Labute approximate surface area is 113 Å². The number of nitrogens with one attached hydrogen (secondary N) is 1. The van der Waals surface area contributed by atoms with Gasteiger partial charge in [-0.15, -0.1) is 11.6 Å². The lowest BCUT2D eigenvalue weighted by molar-refractivity contribution is -0.385. The van der Waals surface area contributed by atoms with Crippen molar-refractivity contribution in [3.05, 3.63) is 38.9 Å². The molecule has 1 aliphatic rings. The maximum atomic E-state index is 11.7. The van der Waals surface area contributed by atoms with Crippen LogP contribution in [0.25, 0.3) is 0 Å². The quantitative estimate of drug-likeness (QED) is 0.386. The third kappa shape index (κ3) is 2.19. The molecule has 0 spiro atoms. The Balaban J connectivity index is 2.61. The first kappa shape index (κ1) is 13.5. The van der Waals surface area contributed by atoms with Crippen molar-refractivity contribution in [3.63, 3.8) is 0 Å². The zero-order valence-electron chi connectivity index (χ0n) is 10.3. The summed E-state index contributed by atoms with van der Waals surface area (Å²) in [6, 6.07) is 2.94. The SMILES string of the molecule is Cc1cc(C2C(=O)NC(=O)C2Cl)c([N+](=O)[O-])cc1C. The summed E-state index contributed by atoms with van der Waals surface area (Å²) in [5.74, 6) is -2.24. The molecule has 0 radical (unpaired) electrons. The van der Waals surface area contributed by atoms with Crippen LogP contribution >= 0.6 is 11.6 Å². The number of imide groups is 1. The minimum atomic E-state index is -1.12. The molecule has 1 aliphatic heterocycles. The first-order valence-electron chi connectivity index (χ1n) is 5.57. The highest BCUT2D eigenvalue weighted by molar-refractivity contribution is 6.37. The predicted octanol–water partition coefficient (Wildman–Crippen LogP) is 1.56. The molecule has 100 valence electrons. The van der Waals surface area contributed by atoms with E-state index in [0.717, 1.165) is 11.1 Å². The monoisotopic (exact) mass is 282 g/mol. The van der Waals surface area contributed by atoms with Gasteiger partial charge in [-0.25, -0.2) is 0 Å². The average molecular weight is 283 g/mol. The standard InChI is InChI=1S/C12H11ClN2O4/c1-5-3-7(8(15(18)19)4-6(5)2)9-10(13)12(17)14-11(9)16/h3-4,9-10H,1-2H3,(H,14,16,17). The molecule has 7 heteroatoms. The van der Waals surface area contributed by atoms with Crippen LogP contribution in [0.3, 0.4) is 0 Å². The van der Waals surface area contributed by atoms with E-state index in [0.29, 0.717) is 0 Å². The van der Waals surface area contributed by atoms with Crippen molar-refractivity contribution in [1.82, 2.24) is 5.32 Å². The molecule has 1 aromatic rings. The molecule has 2 rings (SSSR count). The Morgan fingerprint density at radius 2 is 1.79 bits per heavy atom. The van der Waals surface area contributed by atoms with E-state index >= 15 is 0 Å². The lowest BCUT2D eigenvalue weighted by atomic mass is 9.92. The molecule has 1 aromatic carbocycles. The summed E-state index contributed by atoms with van der Waals surface area (Å²) < 4.78 is 0. The zero-order valence-corrected chi connectivity index (χ0v) is 11.0. The molecule has 6 nitrogen and oxygen atoms in total. The lowest BCUT2D eigenvalue weighted by Gasteiger charge is -2.12. The fraction of sp³-hybridized carbons (Fsp3) is 0.333. The molecular weight excluding hydrogens is 272 g/mol. The summed E-state index contributed by atoms with van der Waals surface area (Å²) >= 11 is 5.87. The van der Waals surface area contributed by atoms with Crippen LogP contribution in [-0.2, 0) is 9.59 Å². The topological polar surface area (TPSA) is 89.3 Å². The first-order chi connectivity index (χ1) is 8.82.